The van der Waals surface area contributed by atoms with Gasteiger partial charge in [-0.25, -0.2) is 9.97 Å². The largest absolute Gasteiger partial charge is 0.332 e. The minimum absolute atomic E-state index is 0.0676. The van der Waals surface area contributed by atoms with Crippen LogP contribution in [0.4, 0.5) is 0 Å². The lowest BCUT2D eigenvalue weighted by Gasteiger charge is -1.96. The summed E-state index contributed by atoms with van der Waals surface area (Å²) in [5, 5.41) is 0.526. The van der Waals surface area contributed by atoms with Crippen molar-refractivity contribution in [2.45, 2.75) is 13.8 Å². The Balaban J connectivity index is 2.16. The molecule has 5 heteroatoms. The molecule has 0 fully saturated rings. The molecule has 0 saturated carbocycles. The zero-order chi connectivity index (χ0) is 12.4. The van der Waals surface area contributed by atoms with E-state index < -0.39 is 0 Å². The summed E-state index contributed by atoms with van der Waals surface area (Å²) < 4.78 is 1.93. The second-order valence-corrected chi connectivity index (χ2v) is 5.00. The van der Waals surface area contributed by atoms with E-state index in [-0.39, 0.29) is 5.78 Å². The van der Waals surface area contributed by atoms with E-state index in [1.807, 2.05) is 25.5 Å². The maximum atomic E-state index is 11.8. The van der Waals surface area contributed by atoms with Crippen molar-refractivity contribution in [3.05, 3.63) is 39.9 Å². The van der Waals surface area contributed by atoms with Crippen LogP contribution in [0.25, 0.3) is 6.08 Å². The molecule has 0 amide bonds. The molecule has 0 aliphatic heterocycles. The summed E-state index contributed by atoms with van der Waals surface area (Å²) in [6.07, 6.45) is 6.75. The first-order chi connectivity index (χ1) is 8.08. The number of thiazole rings is 1. The molecule has 2 aromatic heterocycles. The molecule has 88 valence electrons. The number of rotatable bonds is 3. The molecular formula is C12H13N3OS. The van der Waals surface area contributed by atoms with Crippen LogP contribution in [0.5, 0.6) is 0 Å². The molecule has 17 heavy (non-hydrogen) atoms. The Morgan fingerprint density at radius 1 is 1.35 bits per heavy atom. The Kier molecular flexibility index (Phi) is 3.19. The van der Waals surface area contributed by atoms with Crippen LogP contribution in [-0.4, -0.2) is 20.3 Å². The first-order valence-electron chi connectivity index (χ1n) is 5.21. The van der Waals surface area contributed by atoms with Gasteiger partial charge >= 0.3 is 0 Å². The van der Waals surface area contributed by atoms with Crippen molar-refractivity contribution >= 4 is 23.2 Å². The molecule has 0 N–H and O–H groups in total. The summed E-state index contributed by atoms with van der Waals surface area (Å²) in [4.78, 5) is 21.0. The van der Waals surface area contributed by atoms with Gasteiger partial charge in [-0.1, -0.05) is 0 Å². The van der Waals surface area contributed by atoms with E-state index in [4.69, 9.17) is 0 Å². The van der Waals surface area contributed by atoms with Crippen molar-refractivity contribution < 1.29 is 4.79 Å². The van der Waals surface area contributed by atoms with Gasteiger partial charge < -0.3 is 4.57 Å². The molecule has 2 heterocycles. The fraction of sp³-hybridized carbons (Fsp3) is 0.250. The fourth-order valence-corrected chi connectivity index (χ4v) is 2.06. The first-order valence-corrected chi connectivity index (χ1v) is 6.02. The average molecular weight is 247 g/mol. The third-order valence-electron chi connectivity index (χ3n) is 2.49. The molecule has 2 aromatic rings. The molecule has 2 rings (SSSR count). The number of carbonyl (C=O) groups is 1. The number of hydrogen-bond acceptors (Lipinski definition) is 4. The molecule has 0 aliphatic rings. The Bertz CT molecular complexity index is 580. The van der Waals surface area contributed by atoms with Gasteiger partial charge in [-0.3, -0.25) is 4.79 Å². The molecule has 0 radical (unpaired) electrons. The summed E-state index contributed by atoms with van der Waals surface area (Å²) in [6.45, 7) is 3.85. The van der Waals surface area contributed by atoms with E-state index in [0.29, 0.717) is 5.01 Å². The van der Waals surface area contributed by atoms with Crippen molar-refractivity contribution in [1.82, 2.24) is 14.5 Å². The number of imidazole rings is 1. The van der Waals surface area contributed by atoms with Crippen molar-refractivity contribution in [2.24, 2.45) is 7.05 Å². The van der Waals surface area contributed by atoms with Crippen LogP contribution in [0.1, 0.15) is 26.2 Å². The minimum Gasteiger partial charge on any atom is -0.332 e. The van der Waals surface area contributed by atoms with Crippen LogP contribution in [-0.2, 0) is 7.05 Å². The van der Waals surface area contributed by atoms with Crippen molar-refractivity contribution in [1.29, 1.82) is 0 Å². The highest BCUT2D eigenvalue weighted by Gasteiger charge is 2.06. The zero-order valence-electron chi connectivity index (χ0n) is 9.97. The third kappa shape index (κ3) is 2.50. The Morgan fingerprint density at radius 3 is 2.65 bits per heavy atom. The molecule has 0 atom stereocenters. The van der Waals surface area contributed by atoms with Gasteiger partial charge in [-0.05, 0) is 26.0 Å². The lowest BCUT2D eigenvalue weighted by atomic mass is 10.3. The van der Waals surface area contributed by atoms with E-state index in [2.05, 4.69) is 9.97 Å². The lowest BCUT2D eigenvalue weighted by Crippen LogP contribution is -1.95. The maximum Gasteiger partial charge on any atom is 0.214 e. The van der Waals surface area contributed by atoms with E-state index in [1.165, 1.54) is 17.4 Å². The van der Waals surface area contributed by atoms with Crippen molar-refractivity contribution in [3.63, 3.8) is 0 Å². The number of hydrogen-bond donors (Lipinski definition) is 0. The normalized spacial score (nSPS) is 11.2. The zero-order valence-corrected chi connectivity index (χ0v) is 10.8. The van der Waals surface area contributed by atoms with E-state index in [1.54, 1.807) is 18.5 Å². The van der Waals surface area contributed by atoms with Gasteiger partial charge in [0.05, 0.1) is 11.9 Å². The van der Waals surface area contributed by atoms with Crippen LogP contribution in [0.15, 0.2) is 18.5 Å². The van der Waals surface area contributed by atoms with Crippen LogP contribution < -0.4 is 0 Å². The summed E-state index contributed by atoms with van der Waals surface area (Å²) in [5.41, 5.74) is 0.907. The maximum absolute atomic E-state index is 11.8. The standard InChI is InChI=1S/C12H13N3OS/c1-8-6-14-12(17-8)11(16)5-4-10-7-13-9(2)15(10)3/h4-7H,1-3H3/b5-4+. The number of aryl methyl sites for hydroxylation is 2. The third-order valence-corrected chi connectivity index (χ3v) is 3.42. The molecule has 0 aliphatic carbocycles. The summed E-state index contributed by atoms with van der Waals surface area (Å²) in [6, 6.07) is 0. The Hall–Kier alpha value is -1.75. The highest BCUT2D eigenvalue weighted by Crippen LogP contribution is 2.13. The van der Waals surface area contributed by atoms with Gasteiger partial charge in [-0.2, -0.15) is 0 Å². The van der Waals surface area contributed by atoms with Gasteiger partial charge in [0.15, 0.2) is 5.01 Å². The predicted molar refractivity (Wildman–Crippen MR) is 68.2 cm³/mol. The van der Waals surface area contributed by atoms with Crippen LogP contribution in [0, 0.1) is 13.8 Å². The second kappa shape index (κ2) is 4.63. The Morgan fingerprint density at radius 2 is 2.12 bits per heavy atom. The monoisotopic (exact) mass is 247 g/mol. The summed E-state index contributed by atoms with van der Waals surface area (Å²) in [7, 11) is 1.92. The Labute approximate surface area is 104 Å². The average Bonchev–Trinajstić information content (AvgIpc) is 2.86. The van der Waals surface area contributed by atoms with Crippen LogP contribution in [0.3, 0.4) is 0 Å². The number of nitrogens with zero attached hydrogens (tertiary/aromatic N) is 3. The SMILES string of the molecule is Cc1cnc(C(=O)/C=C/c2cnc(C)n2C)s1. The quantitative estimate of drug-likeness (QED) is 0.618. The molecule has 0 aromatic carbocycles. The number of allylic oxidation sites excluding steroid dienone is 1. The summed E-state index contributed by atoms with van der Waals surface area (Å²) in [5.74, 6) is 0.851. The highest BCUT2D eigenvalue weighted by molar-refractivity contribution is 7.13. The minimum atomic E-state index is -0.0676. The topological polar surface area (TPSA) is 47.8 Å². The number of aromatic nitrogens is 3. The van der Waals surface area contributed by atoms with Crippen LogP contribution >= 0.6 is 11.3 Å². The van der Waals surface area contributed by atoms with E-state index in [0.717, 1.165) is 16.4 Å². The second-order valence-electron chi connectivity index (χ2n) is 3.76. The summed E-state index contributed by atoms with van der Waals surface area (Å²) >= 11 is 1.41. The van der Waals surface area contributed by atoms with Crippen LogP contribution in [0.2, 0.25) is 0 Å². The predicted octanol–water partition coefficient (Wildman–Crippen LogP) is 2.39. The first kappa shape index (κ1) is 11.7. The highest BCUT2D eigenvalue weighted by atomic mass is 32.1. The smallest absolute Gasteiger partial charge is 0.214 e. The van der Waals surface area contributed by atoms with Crippen molar-refractivity contribution in [2.75, 3.05) is 0 Å². The lowest BCUT2D eigenvalue weighted by molar-refractivity contribution is 0.104. The van der Waals surface area contributed by atoms with E-state index in [9.17, 15) is 4.79 Å². The van der Waals surface area contributed by atoms with E-state index >= 15 is 0 Å². The van der Waals surface area contributed by atoms with Gasteiger partial charge in [0.2, 0.25) is 5.78 Å². The van der Waals surface area contributed by atoms with Gasteiger partial charge in [0.1, 0.15) is 5.82 Å². The molecule has 4 nitrogen and oxygen atoms in total. The van der Waals surface area contributed by atoms with Crippen molar-refractivity contribution in [3.8, 4) is 0 Å². The van der Waals surface area contributed by atoms with Gasteiger partial charge in [0, 0.05) is 18.1 Å². The number of carbonyl (C=O) groups excluding carboxylic acids is 1. The number of ketones is 1. The molecule has 0 bridgehead atoms. The van der Waals surface area contributed by atoms with Gasteiger partial charge in [-0.15, -0.1) is 11.3 Å². The van der Waals surface area contributed by atoms with Gasteiger partial charge in [0.25, 0.3) is 0 Å². The fourth-order valence-electron chi connectivity index (χ4n) is 1.38. The molecule has 0 spiro atoms. The molecule has 0 saturated heterocycles. The molecule has 0 unspecified atom stereocenters. The molecular weight excluding hydrogens is 234 g/mol.